The van der Waals surface area contributed by atoms with Crippen LogP contribution < -0.4 is 0 Å². The summed E-state index contributed by atoms with van der Waals surface area (Å²) >= 11 is 11.9. The Bertz CT molecular complexity index is 523. The second kappa shape index (κ2) is 3.53. The summed E-state index contributed by atoms with van der Waals surface area (Å²) in [5.74, 6) is 0. The predicted octanol–water partition coefficient (Wildman–Crippen LogP) is 3.54. The molecule has 0 fully saturated rings. The Kier molecular flexibility index (Phi) is 2.37. The van der Waals surface area contributed by atoms with Crippen LogP contribution in [0.3, 0.4) is 0 Å². The number of nitrogens with zero attached hydrogens (tertiary/aromatic N) is 1. The van der Waals surface area contributed by atoms with Crippen molar-refractivity contribution in [2.45, 2.75) is 6.42 Å². The van der Waals surface area contributed by atoms with E-state index in [1.165, 1.54) is 0 Å². The summed E-state index contributed by atoms with van der Waals surface area (Å²) < 4.78 is 0. The van der Waals surface area contributed by atoms with Crippen LogP contribution in [-0.4, -0.2) is 4.98 Å². The van der Waals surface area contributed by atoms with Gasteiger partial charge in [0.15, 0.2) is 0 Å². The van der Waals surface area contributed by atoms with Gasteiger partial charge < -0.3 is 4.98 Å². The van der Waals surface area contributed by atoms with Crippen molar-refractivity contribution in [2.24, 2.45) is 0 Å². The Balaban J connectivity index is 2.74. The third kappa shape index (κ3) is 1.45. The lowest BCUT2D eigenvalue weighted by Gasteiger charge is -1.97. The fourth-order valence-electron chi connectivity index (χ4n) is 1.48. The van der Waals surface area contributed by atoms with Gasteiger partial charge in [0.25, 0.3) is 0 Å². The van der Waals surface area contributed by atoms with Crippen LogP contribution in [0.4, 0.5) is 0 Å². The van der Waals surface area contributed by atoms with Crippen molar-refractivity contribution >= 4 is 34.1 Å². The molecule has 4 heteroatoms. The first-order valence-corrected chi connectivity index (χ1v) is 4.80. The van der Waals surface area contributed by atoms with Gasteiger partial charge >= 0.3 is 0 Å². The van der Waals surface area contributed by atoms with E-state index in [1.807, 2.05) is 0 Å². The van der Waals surface area contributed by atoms with Crippen LogP contribution in [0.2, 0.25) is 10.0 Å². The third-order valence-electron chi connectivity index (χ3n) is 2.05. The summed E-state index contributed by atoms with van der Waals surface area (Å²) in [6.07, 6.45) is 2.14. The highest BCUT2D eigenvalue weighted by atomic mass is 35.5. The second-order valence-corrected chi connectivity index (χ2v) is 3.80. The number of fused-ring (bicyclic) bond motifs is 1. The van der Waals surface area contributed by atoms with Gasteiger partial charge in [-0.1, -0.05) is 23.2 Å². The summed E-state index contributed by atoms with van der Waals surface area (Å²) in [6.45, 7) is 0. The Morgan fingerprint density at radius 3 is 2.86 bits per heavy atom. The van der Waals surface area contributed by atoms with Crippen LogP contribution >= 0.6 is 23.2 Å². The Morgan fingerprint density at radius 1 is 1.36 bits per heavy atom. The zero-order valence-electron chi connectivity index (χ0n) is 7.14. The first-order valence-electron chi connectivity index (χ1n) is 4.04. The summed E-state index contributed by atoms with van der Waals surface area (Å²) in [4.78, 5) is 3.03. The largest absolute Gasteiger partial charge is 0.361 e. The molecule has 0 unspecified atom stereocenters. The van der Waals surface area contributed by atoms with E-state index in [0.717, 1.165) is 16.5 Å². The molecular formula is C10H6Cl2N2. The maximum absolute atomic E-state index is 8.61. The van der Waals surface area contributed by atoms with Gasteiger partial charge in [-0.3, -0.25) is 0 Å². The number of rotatable bonds is 1. The van der Waals surface area contributed by atoms with Crippen LogP contribution in [0.25, 0.3) is 10.9 Å². The standard InChI is InChI=1S/C10H6Cl2N2/c11-7-3-8(12)10-6(1-2-13)5-14-9(10)4-7/h3-5,14H,1H2. The van der Waals surface area contributed by atoms with Gasteiger partial charge in [-0.2, -0.15) is 5.26 Å². The second-order valence-electron chi connectivity index (χ2n) is 2.96. The minimum atomic E-state index is 0.349. The molecule has 0 atom stereocenters. The first kappa shape index (κ1) is 9.39. The molecule has 0 saturated heterocycles. The molecule has 1 heterocycles. The summed E-state index contributed by atoms with van der Waals surface area (Å²) in [5.41, 5.74) is 1.77. The lowest BCUT2D eigenvalue weighted by Crippen LogP contribution is -1.78. The molecule has 1 aromatic heterocycles. The third-order valence-corrected chi connectivity index (χ3v) is 2.56. The van der Waals surface area contributed by atoms with E-state index in [-0.39, 0.29) is 0 Å². The molecule has 0 amide bonds. The Morgan fingerprint density at radius 2 is 2.14 bits per heavy atom. The molecule has 0 saturated carbocycles. The number of hydrogen-bond donors (Lipinski definition) is 1. The van der Waals surface area contributed by atoms with Crippen LogP contribution in [-0.2, 0) is 6.42 Å². The van der Waals surface area contributed by atoms with Crippen LogP contribution in [0.15, 0.2) is 18.3 Å². The van der Waals surface area contributed by atoms with Crippen molar-refractivity contribution in [2.75, 3.05) is 0 Å². The number of hydrogen-bond acceptors (Lipinski definition) is 1. The van der Waals surface area contributed by atoms with Gasteiger partial charge in [-0.05, 0) is 17.7 Å². The van der Waals surface area contributed by atoms with Gasteiger partial charge in [-0.25, -0.2) is 0 Å². The van der Waals surface area contributed by atoms with Crippen molar-refractivity contribution in [1.82, 2.24) is 4.98 Å². The SMILES string of the molecule is N#CCc1c[nH]c2cc(Cl)cc(Cl)c12. The van der Waals surface area contributed by atoms with Gasteiger partial charge in [-0.15, -0.1) is 0 Å². The molecule has 0 aliphatic carbocycles. The number of aromatic amines is 1. The molecule has 2 nitrogen and oxygen atoms in total. The summed E-state index contributed by atoms with van der Waals surface area (Å²) in [6, 6.07) is 5.57. The Labute approximate surface area is 91.1 Å². The quantitative estimate of drug-likeness (QED) is 0.791. The van der Waals surface area contributed by atoms with Gasteiger partial charge in [0.2, 0.25) is 0 Å². The average molecular weight is 225 g/mol. The van der Waals surface area contributed by atoms with E-state index in [9.17, 15) is 0 Å². The zero-order valence-corrected chi connectivity index (χ0v) is 8.65. The molecular weight excluding hydrogens is 219 g/mol. The molecule has 0 aliphatic heterocycles. The van der Waals surface area contributed by atoms with Gasteiger partial charge in [0, 0.05) is 22.1 Å². The molecule has 2 rings (SSSR count). The van der Waals surface area contributed by atoms with E-state index in [4.69, 9.17) is 28.5 Å². The lowest BCUT2D eigenvalue weighted by atomic mass is 10.1. The molecule has 0 spiro atoms. The van der Waals surface area contributed by atoms with Crippen molar-refractivity contribution in [1.29, 1.82) is 5.26 Å². The number of nitrogens with one attached hydrogen (secondary N) is 1. The molecule has 0 aliphatic rings. The monoisotopic (exact) mass is 224 g/mol. The summed E-state index contributed by atoms with van der Waals surface area (Å²) in [5, 5.41) is 10.7. The lowest BCUT2D eigenvalue weighted by molar-refractivity contribution is 1.28. The van der Waals surface area contributed by atoms with Gasteiger partial charge in [0.05, 0.1) is 17.5 Å². The first-order chi connectivity index (χ1) is 6.72. The maximum atomic E-state index is 8.61. The molecule has 14 heavy (non-hydrogen) atoms. The highest BCUT2D eigenvalue weighted by molar-refractivity contribution is 6.38. The highest BCUT2D eigenvalue weighted by Gasteiger charge is 2.08. The van der Waals surface area contributed by atoms with E-state index >= 15 is 0 Å². The minimum absolute atomic E-state index is 0.349. The number of nitriles is 1. The van der Waals surface area contributed by atoms with Crippen molar-refractivity contribution in [3.05, 3.63) is 33.9 Å². The molecule has 70 valence electrons. The van der Waals surface area contributed by atoms with E-state index < -0.39 is 0 Å². The smallest absolute Gasteiger partial charge is 0.0670 e. The van der Waals surface area contributed by atoms with Gasteiger partial charge in [0.1, 0.15) is 0 Å². The zero-order chi connectivity index (χ0) is 10.1. The van der Waals surface area contributed by atoms with Crippen LogP contribution in [0.5, 0.6) is 0 Å². The molecule has 1 N–H and O–H groups in total. The van der Waals surface area contributed by atoms with E-state index in [1.54, 1.807) is 18.3 Å². The normalized spacial score (nSPS) is 10.4. The van der Waals surface area contributed by atoms with E-state index in [2.05, 4.69) is 11.1 Å². The highest BCUT2D eigenvalue weighted by Crippen LogP contribution is 2.30. The fourth-order valence-corrected chi connectivity index (χ4v) is 2.09. The topological polar surface area (TPSA) is 39.6 Å². The van der Waals surface area contributed by atoms with E-state index in [0.29, 0.717) is 16.5 Å². The molecule has 0 radical (unpaired) electrons. The predicted molar refractivity (Wildman–Crippen MR) is 57.6 cm³/mol. The molecule has 2 aromatic rings. The van der Waals surface area contributed by atoms with Crippen molar-refractivity contribution < 1.29 is 0 Å². The van der Waals surface area contributed by atoms with Crippen LogP contribution in [0, 0.1) is 11.3 Å². The van der Waals surface area contributed by atoms with Crippen molar-refractivity contribution in [3.8, 4) is 6.07 Å². The number of H-pyrrole nitrogens is 1. The maximum Gasteiger partial charge on any atom is 0.0670 e. The molecule has 0 bridgehead atoms. The van der Waals surface area contributed by atoms with Crippen LogP contribution in [0.1, 0.15) is 5.56 Å². The number of halogens is 2. The average Bonchev–Trinajstić information content (AvgIpc) is 2.49. The Hall–Kier alpha value is -1.17. The number of benzene rings is 1. The number of aromatic nitrogens is 1. The minimum Gasteiger partial charge on any atom is -0.361 e. The fraction of sp³-hybridized carbons (Fsp3) is 0.100. The molecule has 1 aromatic carbocycles. The summed E-state index contributed by atoms with van der Waals surface area (Å²) in [7, 11) is 0. The van der Waals surface area contributed by atoms with Crippen molar-refractivity contribution in [3.63, 3.8) is 0 Å².